The highest BCUT2D eigenvalue weighted by Gasteiger charge is 2.16. The molecule has 0 atom stereocenters. The van der Waals surface area contributed by atoms with Gasteiger partial charge in [-0.1, -0.05) is 12.1 Å². The largest absolute Gasteiger partial charge is 0.384 e. The Labute approximate surface area is 176 Å². The first-order valence-corrected chi connectivity index (χ1v) is 9.96. The van der Waals surface area contributed by atoms with Crippen molar-refractivity contribution in [2.45, 2.75) is 13.8 Å². The van der Waals surface area contributed by atoms with E-state index >= 15 is 0 Å². The number of hydrogen-bond acceptors (Lipinski definition) is 6. The number of carbonyl (C=O) groups excluding carboxylic acids is 1. The van der Waals surface area contributed by atoms with Crippen LogP contribution in [0.2, 0.25) is 0 Å². The first kappa shape index (κ1) is 19.7. The quantitative estimate of drug-likeness (QED) is 0.493. The zero-order valence-corrected chi connectivity index (χ0v) is 17.1. The molecule has 3 N–H and O–H groups in total. The molecule has 30 heavy (non-hydrogen) atoms. The molecule has 3 aromatic heterocycles. The molecule has 0 unspecified atom stereocenters. The van der Waals surface area contributed by atoms with Gasteiger partial charge in [0.05, 0.1) is 11.3 Å². The van der Waals surface area contributed by atoms with E-state index in [2.05, 4.69) is 15.3 Å². The smallest absolute Gasteiger partial charge is 0.260 e. The summed E-state index contributed by atoms with van der Waals surface area (Å²) in [4.78, 5) is 26.6. The summed E-state index contributed by atoms with van der Waals surface area (Å²) in [7, 11) is 0. The standard InChI is InChI=1S/C22H18FN5OS/c1-12-4-3-5-16(23)19(12)21(29)27-18-9-7-14(10-26-18)20-13(2)30-22(28-20)15-6-8-17(24)25-11-15/h3-11H,1-2H3,(H2,24,25)(H,26,27,29). The lowest BCUT2D eigenvalue weighted by Crippen LogP contribution is -2.16. The van der Waals surface area contributed by atoms with Crippen LogP contribution >= 0.6 is 11.3 Å². The molecule has 3 heterocycles. The van der Waals surface area contributed by atoms with Crippen LogP contribution in [-0.2, 0) is 0 Å². The summed E-state index contributed by atoms with van der Waals surface area (Å²) < 4.78 is 14.0. The summed E-state index contributed by atoms with van der Waals surface area (Å²) >= 11 is 1.55. The molecule has 1 aromatic carbocycles. The predicted octanol–water partition coefficient (Wildman–Crippen LogP) is 4.86. The summed E-state index contributed by atoms with van der Waals surface area (Å²) in [5, 5.41) is 3.48. The van der Waals surface area contributed by atoms with Crippen molar-refractivity contribution in [1.82, 2.24) is 15.0 Å². The zero-order valence-electron chi connectivity index (χ0n) is 16.3. The highest BCUT2D eigenvalue weighted by Crippen LogP contribution is 2.33. The van der Waals surface area contributed by atoms with Gasteiger partial charge in [-0.05, 0) is 49.7 Å². The molecule has 6 nitrogen and oxygen atoms in total. The number of pyridine rings is 2. The third-order valence-corrected chi connectivity index (χ3v) is 5.58. The zero-order chi connectivity index (χ0) is 21.3. The molecule has 0 radical (unpaired) electrons. The maximum atomic E-state index is 14.0. The maximum absolute atomic E-state index is 14.0. The number of amides is 1. The average Bonchev–Trinajstić information content (AvgIpc) is 3.10. The second-order valence-electron chi connectivity index (χ2n) is 6.71. The minimum Gasteiger partial charge on any atom is -0.384 e. The number of nitrogens with zero attached hydrogens (tertiary/aromatic N) is 3. The minimum atomic E-state index is -0.563. The maximum Gasteiger partial charge on any atom is 0.260 e. The molecular formula is C22H18FN5OS. The Morgan fingerprint density at radius 2 is 1.80 bits per heavy atom. The molecule has 4 rings (SSSR count). The van der Waals surface area contributed by atoms with Crippen LogP contribution in [-0.4, -0.2) is 20.9 Å². The first-order valence-electron chi connectivity index (χ1n) is 9.14. The summed E-state index contributed by atoms with van der Waals surface area (Å²) in [6.45, 7) is 3.67. The van der Waals surface area contributed by atoms with Crippen LogP contribution in [0.15, 0.2) is 54.9 Å². The fourth-order valence-electron chi connectivity index (χ4n) is 3.03. The van der Waals surface area contributed by atoms with Gasteiger partial charge in [0.25, 0.3) is 5.91 Å². The molecule has 0 saturated carbocycles. The van der Waals surface area contributed by atoms with Crippen LogP contribution in [0, 0.1) is 19.7 Å². The van der Waals surface area contributed by atoms with Crippen molar-refractivity contribution in [3.8, 4) is 21.8 Å². The van der Waals surface area contributed by atoms with Gasteiger partial charge >= 0.3 is 0 Å². The van der Waals surface area contributed by atoms with E-state index in [9.17, 15) is 9.18 Å². The van der Waals surface area contributed by atoms with Crippen LogP contribution in [0.5, 0.6) is 0 Å². The topological polar surface area (TPSA) is 93.8 Å². The van der Waals surface area contributed by atoms with Gasteiger partial charge in [0.1, 0.15) is 22.5 Å². The van der Waals surface area contributed by atoms with E-state index in [-0.39, 0.29) is 5.56 Å². The van der Waals surface area contributed by atoms with E-state index in [4.69, 9.17) is 10.7 Å². The number of aromatic nitrogens is 3. The molecule has 0 aliphatic heterocycles. The summed E-state index contributed by atoms with van der Waals surface area (Å²) in [6.07, 6.45) is 3.33. The number of rotatable bonds is 4. The Hall–Kier alpha value is -3.65. The van der Waals surface area contributed by atoms with Crippen molar-refractivity contribution < 1.29 is 9.18 Å². The van der Waals surface area contributed by atoms with Crippen molar-refractivity contribution in [3.63, 3.8) is 0 Å². The molecule has 0 saturated heterocycles. The van der Waals surface area contributed by atoms with Crippen molar-refractivity contribution in [2.24, 2.45) is 0 Å². The Morgan fingerprint density at radius 1 is 1.03 bits per heavy atom. The molecular weight excluding hydrogens is 401 g/mol. The van der Waals surface area contributed by atoms with E-state index in [1.165, 1.54) is 6.07 Å². The lowest BCUT2D eigenvalue weighted by molar-refractivity contribution is 0.102. The third-order valence-electron chi connectivity index (χ3n) is 4.56. The highest BCUT2D eigenvalue weighted by molar-refractivity contribution is 7.15. The highest BCUT2D eigenvalue weighted by atomic mass is 32.1. The van der Waals surface area contributed by atoms with Crippen molar-refractivity contribution in [2.75, 3.05) is 11.1 Å². The number of anilines is 2. The molecule has 0 spiro atoms. The van der Waals surface area contributed by atoms with E-state index in [0.29, 0.717) is 17.2 Å². The summed E-state index contributed by atoms with van der Waals surface area (Å²) in [6, 6.07) is 11.6. The average molecular weight is 419 g/mol. The van der Waals surface area contributed by atoms with Gasteiger partial charge in [-0.15, -0.1) is 11.3 Å². The fraction of sp³-hybridized carbons (Fsp3) is 0.0909. The normalized spacial score (nSPS) is 10.8. The number of nitrogens with two attached hydrogens (primary N) is 1. The Morgan fingerprint density at radius 3 is 2.47 bits per heavy atom. The van der Waals surface area contributed by atoms with E-state index in [0.717, 1.165) is 26.7 Å². The van der Waals surface area contributed by atoms with Gasteiger partial charge in [-0.3, -0.25) is 4.79 Å². The summed E-state index contributed by atoms with van der Waals surface area (Å²) in [5.41, 5.74) is 8.74. The van der Waals surface area contributed by atoms with Gasteiger partial charge in [-0.25, -0.2) is 19.3 Å². The van der Waals surface area contributed by atoms with Crippen molar-refractivity contribution >= 4 is 28.9 Å². The van der Waals surface area contributed by atoms with Crippen LogP contribution in [0.25, 0.3) is 21.8 Å². The fourth-order valence-corrected chi connectivity index (χ4v) is 3.95. The predicted molar refractivity (Wildman–Crippen MR) is 117 cm³/mol. The molecule has 0 aliphatic rings. The molecule has 0 fully saturated rings. The Kier molecular flexibility index (Phi) is 5.24. The second-order valence-corrected chi connectivity index (χ2v) is 7.92. The Balaban J connectivity index is 1.55. The number of nitrogens with one attached hydrogen (secondary N) is 1. The molecule has 0 aliphatic carbocycles. The second kappa shape index (κ2) is 8.00. The lowest BCUT2D eigenvalue weighted by atomic mass is 10.1. The SMILES string of the molecule is Cc1cccc(F)c1C(=O)Nc1ccc(-c2nc(-c3ccc(N)nc3)sc2C)cn1. The third kappa shape index (κ3) is 3.90. The minimum absolute atomic E-state index is 0.0143. The number of aryl methyl sites for hydroxylation is 2. The van der Waals surface area contributed by atoms with Crippen LogP contribution in [0.3, 0.4) is 0 Å². The lowest BCUT2D eigenvalue weighted by Gasteiger charge is -2.08. The number of hydrogen-bond donors (Lipinski definition) is 2. The van der Waals surface area contributed by atoms with Crippen LogP contribution in [0.4, 0.5) is 16.0 Å². The number of carbonyl (C=O) groups is 1. The van der Waals surface area contributed by atoms with Crippen molar-refractivity contribution in [1.29, 1.82) is 0 Å². The van der Waals surface area contributed by atoms with E-state index in [1.807, 2.05) is 19.1 Å². The molecule has 150 valence electrons. The number of thiazole rings is 1. The van der Waals surface area contributed by atoms with Crippen LogP contribution < -0.4 is 11.1 Å². The Bertz CT molecular complexity index is 1200. The molecule has 0 bridgehead atoms. The summed E-state index contributed by atoms with van der Waals surface area (Å²) in [5.74, 6) is -0.303. The molecule has 4 aromatic rings. The van der Waals surface area contributed by atoms with Crippen molar-refractivity contribution in [3.05, 3.63) is 76.7 Å². The van der Waals surface area contributed by atoms with Gasteiger partial charge in [-0.2, -0.15) is 0 Å². The van der Waals surface area contributed by atoms with E-state index < -0.39 is 11.7 Å². The van der Waals surface area contributed by atoms with Gasteiger partial charge in [0, 0.05) is 28.4 Å². The van der Waals surface area contributed by atoms with Crippen LogP contribution in [0.1, 0.15) is 20.8 Å². The molecule has 8 heteroatoms. The van der Waals surface area contributed by atoms with E-state index in [1.54, 1.807) is 54.9 Å². The van der Waals surface area contributed by atoms with Gasteiger partial charge < -0.3 is 11.1 Å². The van der Waals surface area contributed by atoms with Gasteiger partial charge in [0.15, 0.2) is 0 Å². The monoisotopic (exact) mass is 419 g/mol. The number of halogens is 1. The first-order chi connectivity index (χ1) is 14.4. The number of nitrogen functional groups attached to an aromatic ring is 1. The molecule has 1 amide bonds. The van der Waals surface area contributed by atoms with Gasteiger partial charge in [0.2, 0.25) is 0 Å². The number of benzene rings is 1.